The van der Waals surface area contributed by atoms with E-state index in [9.17, 15) is 4.79 Å². The number of nitrogens with zero attached hydrogens (tertiary/aromatic N) is 1. The molecule has 0 atom stereocenters. The van der Waals surface area contributed by atoms with Crippen molar-refractivity contribution in [1.29, 1.82) is 0 Å². The van der Waals surface area contributed by atoms with Gasteiger partial charge in [0.25, 0.3) is 5.91 Å². The summed E-state index contributed by atoms with van der Waals surface area (Å²) in [5.74, 6) is -0.0616. The Morgan fingerprint density at radius 3 is 2.47 bits per heavy atom. The molecule has 4 heteroatoms. The van der Waals surface area contributed by atoms with Crippen molar-refractivity contribution in [2.24, 2.45) is 0 Å². The van der Waals surface area contributed by atoms with E-state index in [1.807, 2.05) is 29.6 Å². The molecule has 19 heavy (non-hydrogen) atoms. The van der Waals surface area contributed by atoms with E-state index in [2.05, 4.69) is 31.1 Å². The summed E-state index contributed by atoms with van der Waals surface area (Å²) in [7, 11) is 0. The zero-order chi connectivity index (χ0) is 13.9. The van der Waals surface area contributed by atoms with Crippen LogP contribution in [0.1, 0.15) is 42.4 Å². The molecule has 0 bridgehead atoms. The van der Waals surface area contributed by atoms with E-state index in [-0.39, 0.29) is 11.3 Å². The fourth-order valence-electron chi connectivity index (χ4n) is 1.72. The number of amides is 1. The number of hydrogen-bond acceptors (Lipinski definition) is 3. The summed E-state index contributed by atoms with van der Waals surface area (Å²) in [4.78, 5) is 16.1. The molecule has 1 N–H and O–H groups in total. The van der Waals surface area contributed by atoms with Gasteiger partial charge < -0.3 is 5.32 Å². The van der Waals surface area contributed by atoms with Gasteiger partial charge in [0.15, 0.2) is 0 Å². The highest BCUT2D eigenvalue weighted by Crippen LogP contribution is 2.22. The summed E-state index contributed by atoms with van der Waals surface area (Å²) in [6.07, 6.45) is 0. The third-order valence-electron chi connectivity index (χ3n) is 2.93. The predicted molar refractivity (Wildman–Crippen MR) is 78.4 cm³/mol. The molecule has 1 heterocycles. The molecule has 3 nitrogen and oxygen atoms in total. The lowest BCUT2D eigenvalue weighted by Crippen LogP contribution is -2.23. The first-order valence-electron chi connectivity index (χ1n) is 6.22. The van der Waals surface area contributed by atoms with Crippen LogP contribution in [0.2, 0.25) is 0 Å². The lowest BCUT2D eigenvalue weighted by atomic mass is 9.87. The molecule has 0 aliphatic heterocycles. The number of hydrogen-bond donors (Lipinski definition) is 1. The Morgan fingerprint density at radius 1 is 1.26 bits per heavy atom. The molecule has 0 saturated carbocycles. The number of aromatic nitrogens is 1. The fourth-order valence-corrected chi connectivity index (χ4v) is 2.28. The standard InChI is InChI=1S/C15H18N2OS/c1-15(2,3)12-6-4-11(5-7-12)14(18)16-8-13-9-19-10-17-13/h4-7,9-10H,8H2,1-3H3,(H,16,18). The van der Waals surface area contributed by atoms with Crippen LogP contribution < -0.4 is 5.32 Å². The van der Waals surface area contributed by atoms with Gasteiger partial charge in [-0.2, -0.15) is 0 Å². The van der Waals surface area contributed by atoms with E-state index in [0.717, 1.165) is 5.69 Å². The van der Waals surface area contributed by atoms with Crippen LogP contribution in [0.5, 0.6) is 0 Å². The van der Waals surface area contributed by atoms with E-state index >= 15 is 0 Å². The number of carbonyl (C=O) groups is 1. The molecule has 2 aromatic rings. The Kier molecular flexibility index (Phi) is 4.00. The van der Waals surface area contributed by atoms with Gasteiger partial charge in [0.1, 0.15) is 0 Å². The molecule has 1 amide bonds. The third kappa shape index (κ3) is 3.64. The Hall–Kier alpha value is -1.68. The van der Waals surface area contributed by atoms with Crippen molar-refractivity contribution in [3.05, 3.63) is 52.0 Å². The zero-order valence-electron chi connectivity index (χ0n) is 11.4. The highest BCUT2D eigenvalue weighted by Gasteiger charge is 2.14. The molecule has 0 aliphatic carbocycles. The van der Waals surface area contributed by atoms with Gasteiger partial charge in [0, 0.05) is 10.9 Å². The summed E-state index contributed by atoms with van der Waals surface area (Å²) in [5, 5.41) is 4.80. The molecule has 1 aromatic heterocycles. The van der Waals surface area contributed by atoms with Crippen LogP contribution in [0.4, 0.5) is 0 Å². The quantitative estimate of drug-likeness (QED) is 0.932. The van der Waals surface area contributed by atoms with Crippen molar-refractivity contribution >= 4 is 17.2 Å². The zero-order valence-corrected chi connectivity index (χ0v) is 12.3. The van der Waals surface area contributed by atoms with Gasteiger partial charge in [-0.25, -0.2) is 4.98 Å². The fraction of sp³-hybridized carbons (Fsp3) is 0.333. The number of nitrogens with one attached hydrogen (secondary N) is 1. The van der Waals surface area contributed by atoms with Gasteiger partial charge in [-0.15, -0.1) is 11.3 Å². The molecule has 2 rings (SSSR count). The highest BCUT2D eigenvalue weighted by atomic mass is 32.1. The lowest BCUT2D eigenvalue weighted by Gasteiger charge is -2.19. The molecule has 0 saturated heterocycles. The molecular weight excluding hydrogens is 256 g/mol. The molecule has 1 aromatic carbocycles. The first kappa shape index (κ1) is 13.7. The van der Waals surface area contributed by atoms with Crippen LogP contribution >= 0.6 is 11.3 Å². The van der Waals surface area contributed by atoms with Crippen molar-refractivity contribution in [1.82, 2.24) is 10.3 Å². The van der Waals surface area contributed by atoms with Crippen LogP contribution in [0.3, 0.4) is 0 Å². The van der Waals surface area contributed by atoms with Gasteiger partial charge >= 0.3 is 0 Å². The minimum Gasteiger partial charge on any atom is -0.346 e. The van der Waals surface area contributed by atoms with Crippen LogP contribution in [-0.2, 0) is 12.0 Å². The number of benzene rings is 1. The second kappa shape index (κ2) is 5.53. The van der Waals surface area contributed by atoms with Crippen molar-refractivity contribution in [2.45, 2.75) is 32.7 Å². The van der Waals surface area contributed by atoms with Gasteiger partial charge in [-0.05, 0) is 23.1 Å². The Labute approximate surface area is 117 Å². The minimum atomic E-state index is -0.0616. The predicted octanol–water partition coefficient (Wildman–Crippen LogP) is 3.37. The highest BCUT2D eigenvalue weighted by molar-refractivity contribution is 7.07. The van der Waals surface area contributed by atoms with Crippen molar-refractivity contribution < 1.29 is 4.79 Å². The molecule has 0 spiro atoms. The van der Waals surface area contributed by atoms with Gasteiger partial charge in [0.2, 0.25) is 0 Å². The maximum Gasteiger partial charge on any atom is 0.251 e. The summed E-state index contributed by atoms with van der Waals surface area (Å²) in [6, 6.07) is 7.77. The van der Waals surface area contributed by atoms with E-state index in [1.54, 1.807) is 5.51 Å². The molecular formula is C15H18N2OS. The van der Waals surface area contributed by atoms with Gasteiger partial charge in [-0.3, -0.25) is 4.79 Å². The molecule has 100 valence electrons. The average molecular weight is 274 g/mol. The molecule has 0 aliphatic rings. The molecule has 0 unspecified atom stereocenters. The smallest absolute Gasteiger partial charge is 0.251 e. The maximum atomic E-state index is 12.0. The topological polar surface area (TPSA) is 42.0 Å². The number of thiazole rings is 1. The second-order valence-corrected chi connectivity index (χ2v) is 6.21. The molecule has 0 fully saturated rings. The summed E-state index contributed by atoms with van der Waals surface area (Å²) in [5.41, 5.74) is 4.67. The normalized spacial score (nSPS) is 11.3. The van der Waals surface area contributed by atoms with Crippen LogP contribution in [0, 0.1) is 0 Å². The summed E-state index contributed by atoms with van der Waals surface area (Å²) >= 11 is 1.53. The second-order valence-electron chi connectivity index (χ2n) is 5.49. The number of carbonyl (C=O) groups excluding carboxylic acids is 1. The largest absolute Gasteiger partial charge is 0.346 e. The van der Waals surface area contributed by atoms with E-state index in [4.69, 9.17) is 0 Å². The Balaban J connectivity index is 2.00. The maximum absolute atomic E-state index is 12.0. The first-order chi connectivity index (χ1) is 8.97. The first-order valence-corrected chi connectivity index (χ1v) is 7.17. The van der Waals surface area contributed by atoms with Crippen molar-refractivity contribution in [3.63, 3.8) is 0 Å². The van der Waals surface area contributed by atoms with E-state index < -0.39 is 0 Å². The Bertz CT molecular complexity index is 539. The summed E-state index contributed by atoms with van der Waals surface area (Å²) in [6.45, 7) is 6.95. The average Bonchev–Trinajstić information content (AvgIpc) is 2.88. The van der Waals surface area contributed by atoms with Crippen LogP contribution in [0.25, 0.3) is 0 Å². The lowest BCUT2D eigenvalue weighted by molar-refractivity contribution is 0.0950. The van der Waals surface area contributed by atoms with Gasteiger partial charge in [0.05, 0.1) is 17.7 Å². The summed E-state index contributed by atoms with van der Waals surface area (Å²) < 4.78 is 0. The van der Waals surface area contributed by atoms with Crippen LogP contribution in [-0.4, -0.2) is 10.9 Å². The number of rotatable bonds is 3. The van der Waals surface area contributed by atoms with Gasteiger partial charge in [-0.1, -0.05) is 32.9 Å². The van der Waals surface area contributed by atoms with E-state index in [0.29, 0.717) is 12.1 Å². The monoisotopic (exact) mass is 274 g/mol. The third-order valence-corrected chi connectivity index (χ3v) is 3.56. The molecule has 0 radical (unpaired) electrons. The van der Waals surface area contributed by atoms with Crippen molar-refractivity contribution in [3.8, 4) is 0 Å². The van der Waals surface area contributed by atoms with Crippen molar-refractivity contribution in [2.75, 3.05) is 0 Å². The Morgan fingerprint density at radius 2 is 1.95 bits per heavy atom. The van der Waals surface area contributed by atoms with E-state index in [1.165, 1.54) is 16.9 Å². The SMILES string of the molecule is CC(C)(C)c1ccc(C(=O)NCc2cscn2)cc1. The van der Waals surface area contributed by atoms with Crippen LogP contribution in [0.15, 0.2) is 35.2 Å². The minimum absolute atomic E-state index is 0.0616.